The van der Waals surface area contributed by atoms with E-state index in [0.717, 1.165) is 11.3 Å². The molecule has 30 heavy (non-hydrogen) atoms. The molecule has 0 aliphatic heterocycles. The fourth-order valence-electron chi connectivity index (χ4n) is 2.86. The summed E-state index contributed by atoms with van der Waals surface area (Å²) >= 11 is 1.46. The number of nitrogens with zero attached hydrogens (tertiary/aromatic N) is 1. The average Bonchev–Trinajstić information content (AvgIpc) is 2.72. The van der Waals surface area contributed by atoms with Gasteiger partial charge < -0.3 is 15.0 Å². The van der Waals surface area contributed by atoms with Crippen molar-refractivity contribution >= 4 is 23.6 Å². The van der Waals surface area contributed by atoms with Crippen molar-refractivity contribution in [1.82, 2.24) is 10.2 Å². The highest BCUT2D eigenvalue weighted by Gasteiger charge is 2.27. The number of ether oxygens (including phenoxy) is 1. The Morgan fingerprint density at radius 2 is 1.77 bits per heavy atom. The summed E-state index contributed by atoms with van der Waals surface area (Å²) in [6.45, 7) is 5.43. The molecule has 2 amide bonds. The number of thioether (sulfide) groups is 1. The molecule has 0 unspecified atom stereocenters. The third-order valence-electron chi connectivity index (χ3n) is 4.55. The first-order chi connectivity index (χ1) is 14.3. The normalized spacial score (nSPS) is 11.8. The van der Waals surface area contributed by atoms with Crippen molar-refractivity contribution in [3.63, 3.8) is 0 Å². The highest BCUT2D eigenvalue weighted by Crippen LogP contribution is 2.19. The Morgan fingerprint density at radius 3 is 2.37 bits per heavy atom. The summed E-state index contributed by atoms with van der Waals surface area (Å²) in [7, 11) is 1.61. The molecule has 0 saturated heterocycles. The van der Waals surface area contributed by atoms with Crippen molar-refractivity contribution in [2.45, 2.75) is 45.2 Å². The summed E-state index contributed by atoms with van der Waals surface area (Å²) in [5.41, 5.74) is 1.45. The first-order valence-electron chi connectivity index (χ1n) is 9.85. The lowest BCUT2D eigenvalue weighted by Crippen LogP contribution is -2.49. The quantitative estimate of drug-likeness (QED) is 0.616. The van der Waals surface area contributed by atoms with Gasteiger partial charge in [0, 0.05) is 23.9 Å². The van der Waals surface area contributed by atoms with Crippen molar-refractivity contribution in [1.29, 1.82) is 0 Å². The summed E-state index contributed by atoms with van der Waals surface area (Å²) in [5, 5.41) is 2.83. The molecular formula is C23H29FN2O3S. The van der Waals surface area contributed by atoms with E-state index >= 15 is 0 Å². The van der Waals surface area contributed by atoms with Crippen LogP contribution in [0, 0.1) is 5.82 Å². The number of hydrogen-bond acceptors (Lipinski definition) is 4. The van der Waals surface area contributed by atoms with Gasteiger partial charge in [0.15, 0.2) is 0 Å². The van der Waals surface area contributed by atoms with Gasteiger partial charge >= 0.3 is 0 Å². The number of halogens is 1. The number of rotatable bonds is 10. The number of hydrogen-bond donors (Lipinski definition) is 1. The zero-order chi connectivity index (χ0) is 22.1. The molecule has 0 spiro atoms. The number of benzene rings is 2. The van der Waals surface area contributed by atoms with Gasteiger partial charge in [0.25, 0.3) is 0 Å². The van der Waals surface area contributed by atoms with E-state index in [0.29, 0.717) is 11.3 Å². The minimum absolute atomic E-state index is 0.0429. The van der Waals surface area contributed by atoms with E-state index in [1.807, 2.05) is 38.1 Å². The standard InChI is InChI=1S/C23H29FN2O3S/c1-16(2)25-23(28)17(3)26(13-19-7-5-6-8-21(19)24)22(27)15-30-14-18-9-11-20(29-4)12-10-18/h5-12,16-17H,13-15H2,1-4H3,(H,25,28)/t17-/m1/s1. The summed E-state index contributed by atoms with van der Waals surface area (Å²) in [4.78, 5) is 26.9. The monoisotopic (exact) mass is 432 g/mol. The molecule has 0 aromatic heterocycles. The predicted octanol–water partition coefficient (Wildman–Crippen LogP) is 4.01. The molecule has 0 aliphatic carbocycles. The maximum atomic E-state index is 14.2. The van der Waals surface area contributed by atoms with Crippen LogP contribution in [0.15, 0.2) is 48.5 Å². The highest BCUT2D eigenvalue weighted by molar-refractivity contribution is 7.99. The molecule has 1 atom stereocenters. The Balaban J connectivity index is 2.06. The zero-order valence-corrected chi connectivity index (χ0v) is 18.7. The maximum Gasteiger partial charge on any atom is 0.242 e. The third kappa shape index (κ3) is 7.06. The number of methoxy groups -OCH3 is 1. The van der Waals surface area contributed by atoms with Gasteiger partial charge in [-0.05, 0) is 44.5 Å². The molecular weight excluding hydrogens is 403 g/mol. The Morgan fingerprint density at radius 1 is 1.10 bits per heavy atom. The third-order valence-corrected chi connectivity index (χ3v) is 5.54. The number of nitrogens with one attached hydrogen (secondary N) is 1. The molecule has 7 heteroatoms. The molecule has 5 nitrogen and oxygen atoms in total. The van der Waals surface area contributed by atoms with Crippen molar-refractivity contribution < 1.29 is 18.7 Å². The fourth-order valence-corrected chi connectivity index (χ4v) is 3.73. The summed E-state index contributed by atoms with van der Waals surface area (Å²) in [6.07, 6.45) is 0. The second-order valence-electron chi connectivity index (χ2n) is 7.29. The first kappa shape index (κ1) is 23.7. The van der Waals surface area contributed by atoms with Crippen LogP contribution in [0.2, 0.25) is 0 Å². The van der Waals surface area contributed by atoms with Gasteiger partial charge in [0.05, 0.1) is 12.9 Å². The molecule has 0 heterocycles. The summed E-state index contributed by atoms with van der Waals surface area (Å²) in [5.74, 6) is 0.770. The van der Waals surface area contributed by atoms with E-state index in [1.54, 1.807) is 32.2 Å². The molecule has 0 fully saturated rings. The molecule has 0 radical (unpaired) electrons. The van der Waals surface area contributed by atoms with Crippen LogP contribution in [0.3, 0.4) is 0 Å². The second-order valence-corrected chi connectivity index (χ2v) is 8.28. The van der Waals surface area contributed by atoms with Crippen LogP contribution in [0.1, 0.15) is 31.9 Å². The largest absolute Gasteiger partial charge is 0.497 e. The van der Waals surface area contributed by atoms with Crippen molar-refractivity contribution in [2.24, 2.45) is 0 Å². The predicted molar refractivity (Wildman–Crippen MR) is 119 cm³/mol. The van der Waals surface area contributed by atoms with Gasteiger partial charge in [-0.2, -0.15) is 0 Å². The second kappa shape index (κ2) is 11.6. The SMILES string of the molecule is COc1ccc(CSCC(=O)N(Cc2ccccc2F)[C@H](C)C(=O)NC(C)C)cc1. The van der Waals surface area contributed by atoms with E-state index in [-0.39, 0.29) is 30.2 Å². The summed E-state index contributed by atoms with van der Waals surface area (Å²) < 4.78 is 19.3. The molecule has 2 aromatic rings. The molecule has 1 N–H and O–H groups in total. The number of amides is 2. The Hall–Kier alpha value is -2.54. The van der Waals surface area contributed by atoms with Crippen LogP contribution < -0.4 is 10.1 Å². The average molecular weight is 433 g/mol. The Kier molecular flexibility index (Phi) is 9.17. The molecule has 0 bridgehead atoms. The molecule has 0 aliphatic rings. The maximum absolute atomic E-state index is 14.2. The lowest BCUT2D eigenvalue weighted by molar-refractivity contribution is -0.138. The minimum atomic E-state index is -0.707. The van der Waals surface area contributed by atoms with Crippen LogP contribution in [-0.4, -0.2) is 41.7 Å². The van der Waals surface area contributed by atoms with Crippen LogP contribution in [0.4, 0.5) is 4.39 Å². The highest BCUT2D eigenvalue weighted by atomic mass is 32.2. The lowest BCUT2D eigenvalue weighted by Gasteiger charge is -2.29. The zero-order valence-electron chi connectivity index (χ0n) is 17.9. The van der Waals surface area contributed by atoms with Crippen LogP contribution in [0.5, 0.6) is 5.75 Å². The fraction of sp³-hybridized carbons (Fsp3) is 0.391. The van der Waals surface area contributed by atoms with Gasteiger partial charge in [0.1, 0.15) is 17.6 Å². The number of carbonyl (C=O) groups is 2. The van der Waals surface area contributed by atoms with Crippen molar-refractivity contribution in [2.75, 3.05) is 12.9 Å². The smallest absolute Gasteiger partial charge is 0.242 e. The van der Waals surface area contributed by atoms with Crippen LogP contribution >= 0.6 is 11.8 Å². The van der Waals surface area contributed by atoms with E-state index in [2.05, 4.69) is 5.32 Å². The van der Waals surface area contributed by atoms with Gasteiger partial charge in [-0.3, -0.25) is 9.59 Å². The Bertz CT molecular complexity index is 843. The lowest BCUT2D eigenvalue weighted by atomic mass is 10.1. The topological polar surface area (TPSA) is 58.6 Å². The van der Waals surface area contributed by atoms with Gasteiger partial charge in [-0.15, -0.1) is 11.8 Å². The van der Waals surface area contributed by atoms with E-state index in [1.165, 1.54) is 22.7 Å². The van der Waals surface area contributed by atoms with Crippen LogP contribution in [0.25, 0.3) is 0 Å². The summed E-state index contributed by atoms with van der Waals surface area (Å²) in [6, 6.07) is 13.2. The van der Waals surface area contributed by atoms with Gasteiger partial charge in [0.2, 0.25) is 11.8 Å². The number of carbonyl (C=O) groups excluding carboxylic acids is 2. The van der Waals surface area contributed by atoms with Crippen molar-refractivity contribution in [3.8, 4) is 5.75 Å². The molecule has 0 saturated carbocycles. The molecule has 162 valence electrons. The van der Waals surface area contributed by atoms with E-state index in [4.69, 9.17) is 4.74 Å². The van der Waals surface area contributed by atoms with E-state index < -0.39 is 11.9 Å². The Labute approximate surface area is 182 Å². The molecule has 2 rings (SSSR count). The molecule has 2 aromatic carbocycles. The van der Waals surface area contributed by atoms with Gasteiger partial charge in [-0.25, -0.2) is 4.39 Å². The van der Waals surface area contributed by atoms with Gasteiger partial charge in [-0.1, -0.05) is 30.3 Å². The minimum Gasteiger partial charge on any atom is -0.497 e. The van der Waals surface area contributed by atoms with Crippen molar-refractivity contribution in [3.05, 3.63) is 65.5 Å². The van der Waals surface area contributed by atoms with E-state index in [9.17, 15) is 14.0 Å². The first-order valence-corrected chi connectivity index (χ1v) is 11.0. The van der Waals surface area contributed by atoms with Crippen LogP contribution in [-0.2, 0) is 21.9 Å².